The molecule has 0 spiro atoms. The lowest BCUT2D eigenvalue weighted by Gasteiger charge is -2.06. The average molecular weight is 463 g/mol. The highest BCUT2D eigenvalue weighted by Crippen LogP contribution is 2.16. The van der Waals surface area contributed by atoms with Crippen molar-refractivity contribution in [3.63, 3.8) is 0 Å². The summed E-state index contributed by atoms with van der Waals surface area (Å²) in [5, 5.41) is 0. The smallest absolute Gasteiger partial charge is 0.343 e. The normalized spacial score (nSPS) is 10.3. The van der Waals surface area contributed by atoms with Crippen LogP contribution in [-0.2, 0) is 0 Å². The van der Waals surface area contributed by atoms with Gasteiger partial charge in [0.1, 0.15) is 11.5 Å². The minimum absolute atomic E-state index is 0.0674. The van der Waals surface area contributed by atoms with Crippen molar-refractivity contribution in [2.24, 2.45) is 0 Å². The summed E-state index contributed by atoms with van der Waals surface area (Å²) in [6, 6.07) is 17.2. The first kappa shape index (κ1) is 25.0. The summed E-state index contributed by atoms with van der Waals surface area (Å²) >= 11 is 0. The molecule has 34 heavy (non-hydrogen) atoms. The molecule has 0 amide bonds. The van der Waals surface area contributed by atoms with Gasteiger partial charge in [0.2, 0.25) is 0 Å². The predicted molar refractivity (Wildman–Crippen MR) is 129 cm³/mol. The van der Waals surface area contributed by atoms with E-state index in [0.29, 0.717) is 0 Å². The van der Waals surface area contributed by atoms with Crippen LogP contribution in [0.4, 0.5) is 8.78 Å². The monoisotopic (exact) mass is 462 g/mol. The van der Waals surface area contributed by atoms with Crippen LogP contribution in [0.15, 0.2) is 66.7 Å². The molecule has 3 aromatic carbocycles. The van der Waals surface area contributed by atoms with Gasteiger partial charge in [0.15, 0.2) is 11.6 Å². The number of hydrogen-bond donors (Lipinski definition) is 0. The Bertz CT molecular complexity index is 1130. The Kier molecular flexibility index (Phi) is 9.66. The quantitative estimate of drug-likeness (QED) is 0.137. The molecule has 3 rings (SSSR count). The zero-order valence-corrected chi connectivity index (χ0v) is 19.3. The maximum Gasteiger partial charge on any atom is 0.343 e. The molecule has 0 N–H and O–H groups in total. The predicted octanol–water partition coefficient (Wildman–Crippen LogP) is 7.32. The van der Waals surface area contributed by atoms with Crippen LogP contribution in [0.25, 0.3) is 0 Å². The van der Waals surface area contributed by atoms with E-state index in [2.05, 4.69) is 18.8 Å². The van der Waals surface area contributed by atoms with Crippen LogP contribution in [0.1, 0.15) is 66.9 Å². The number of unbranched alkanes of at least 4 members (excludes halogenated alkanes) is 5. The minimum atomic E-state index is -1.10. The molecule has 0 aliphatic heterocycles. The first-order valence-corrected chi connectivity index (χ1v) is 11.6. The number of rotatable bonds is 10. The molecule has 0 unspecified atom stereocenters. The van der Waals surface area contributed by atoms with Gasteiger partial charge in [0, 0.05) is 11.1 Å². The SMILES string of the molecule is CCCCCCCCOc1ccc(C#Cc2ccc(OC(=O)c3ccc(F)c(F)c3)cc2)cc1. The zero-order valence-electron chi connectivity index (χ0n) is 19.3. The van der Waals surface area contributed by atoms with Crippen LogP contribution in [0.3, 0.4) is 0 Å². The minimum Gasteiger partial charge on any atom is -0.494 e. The number of halogens is 2. The van der Waals surface area contributed by atoms with Crippen molar-refractivity contribution < 1.29 is 23.0 Å². The molecular formula is C29H28F2O3. The number of carbonyl (C=O) groups excluding carboxylic acids is 1. The maximum absolute atomic E-state index is 13.3. The molecular weight excluding hydrogens is 434 g/mol. The van der Waals surface area contributed by atoms with Gasteiger partial charge in [0.25, 0.3) is 0 Å². The molecule has 0 radical (unpaired) electrons. The summed E-state index contributed by atoms with van der Waals surface area (Å²) in [5.74, 6) is 4.39. The van der Waals surface area contributed by atoms with E-state index in [4.69, 9.17) is 9.47 Å². The van der Waals surface area contributed by atoms with Gasteiger partial charge in [-0.05, 0) is 73.2 Å². The molecule has 0 saturated carbocycles. The van der Waals surface area contributed by atoms with Gasteiger partial charge >= 0.3 is 5.97 Å². The number of benzene rings is 3. The highest BCUT2D eigenvalue weighted by Gasteiger charge is 2.12. The Balaban J connectivity index is 1.47. The van der Waals surface area contributed by atoms with Crippen molar-refractivity contribution in [3.8, 4) is 23.3 Å². The van der Waals surface area contributed by atoms with Crippen LogP contribution in [0.2, 0.25) is 0 Å². The van der Waals surface area contributed by atoms with E-state index in [-0.39, 0.29) is 11.3 Å². The van der Waals surface area contributed by atoms with Crippen LogP contribution in [0.5, 0.6) is 11.5 Å². The fraction of sp³-hybridized carbons (Fsp3) is 0.276. The van der Waals surface area contributed by atoms with Crippen LogP contribution < -0.4 is 9.47 Å². The second kappa shape index (κ2) is 13.2. The van der Waals surface area contributed by atoms with Crippen molar-refractivity contribution >= 4 is 5.97 Å². The van der Waals surface area contributed by atoms with Crippen molar-refractivity contribution in [1.29, 1.82) is 0 Å². The lowest BCUT2D eigenvalue weighted by atomic mass is 10.1. The average Bonchev–Trinajstić information content (AvgIpc) is 2.85. The zero-order chi connectivity index (χ0) is 24.2. The van der Waals surface area contributed by atoms with Gasteiger partial charge in [-0.15, -0.1) is 0 Å². The fourth-order valence-electron chi connectivity index (χ4n) is 3.25. The molecule has 0 aromatic heterocycles. The molecule has 3 aromatic rings. The summed E-state index contributed by atoms with van der Waals surface area (Å²) in [6.45, 7) is 2.94. The number of ether oxygens (including phenoxy) is 2. The highest BCUT2D eigenvalue weighted by atomic mass is 19.2. The topological polar surface area (TPSA) is 35.5 Å². The van der Waals surface area contributed by atoms with Crippen LogP contribution >= 0.6 is 0 Å². The molecule has 0 aliphatic rings. The van der Waals surface area contributed by atoms with Crippen LogP contribution in [0, 0.1) is 23.5 Å². The molecule has 0 saturated heterocycles. The summed E-state index contributed by atoms with van der Waals surface area (Å²) in [6.07, 6.45) is 7.40. The third-order valence-corrected chi connectivity index (χ3v) is 5.19. The lowest BCUT2D eigenvalue weighted by molar-refractivity contribution is 0.0734. The molecule has 0 fully saturated rings. The largest absolute Gasteiger partial charge is 0.494 e. The van der Waals surface area contributed by atoms with Gasteiger partial charge in [-0.3, -0.25) is 0 Å². The van der Waals surface area contributed by atoms with Gasteiger partial charge < -0.3 is 9.47 Å². The van der Waals surface area contributed by atoms with E-state index in [1.807, 2.05) is 24.3 Å². The third-order valence-electron chi connectivity index (χ3n) is 5.19. The number of hydrogen-bond acceptors (Lipinski definition) is 3. The Morgan fingerprint density at radius 1 is 0.735 bits per heavy atom. The van der Waals surface area contributed by atoms with Gasteiger partial charge in [-0.2, -0.15) is 0 Å². The number of carbonyl (C=O) groups is 1. The van der Waals surface area contributed by atoms with E-state index in [1.165, 1.54) is 38.2 Å². The Hall–Kier alpha value is -3.65. The maximum atomic E-state index is 13.3. The molecule has 0 heterocycles. The number of esters is 1. The summed E-state index contributed by atoms with van der Waals surface area (Å²) < 4.78 is 37.3. The Morgan fingerprint density at radius 3 is 1.94 bits per heavy atom. The highest BCUT2D eigenvalue weighted by molar-refractivity contribution is 5.91. The fourth-order valence-corrected chi connectivity index (χ4v) is 3.25. The van der Waals surface area contributed by atoms with E-state index in [1.54, 1.807) is 24.3 Å². The second-order valence-electron chi connectivity index (χ2n) is 7.93. The van der Waals surface area contributed by atoms with Gasteiger partial charge in [-0.1, -0.05) is 50.9 Å². The third kappa shape index (κ3) is 8.04. The van der Waals surface area contributed by atoms with Gasteiger partial charge in [-0.25, -0.2) is 13.6 Å². The second-order valence-corrected chi connectivity index (χ2v) is 7.93. The Morgan fingerprint density at radius 2 is 1.32 bits per heavy atom. The van der Waals surface area contributed by atoms with Crippen molar-refractivity contribution in [3.05, 3.63) is 95.1 Å². The lowest BCUT2D eigenvalue weighted by Crippen LogP contribution is -2.09. The van der Waals surface area contributed by atoms with E-state index >= 15 is 0 Å². The van der Waals surface area contributed by atoms with Crippen LogP contribution in [-0.4, -0.2) is 12.6 Å². The Labute approximate surface area is 199 Å². The first-order chi connectivity index (χ1) is 16.5. The van der Waals surface area contributed by atoms with Crippen molar-refractivity contribution in [2.45, 2.75) is 45.4 Å². The summed E-state index contributed by atoms with van der Waals surface area (Å²) in [7, 11) is 0. The van der Waals surface area contributed by atoms with Crippen molar-refractivity contribution in [1.82, 2.24) is 0 Å². The molecule has 176 valence electrons. The summed E-state index contributed by atoms with van der Waals surface area (Å²) in [4.78, 5) is 12.1. The van der Waals surface area contributed by atoms with E-state index < -0.39 is 17.6 Å². The van der Waals surface area contributed by atoms with E-state index in [0.717, 1.165) is 42.0 Å². The summed E-state index contributed by atoms with van der Waals surface area (Å²) in [5.41, 5.74) is 1.54. The molecule has 0 aliphatic carbocycles. The first-order valence-electron chi connectivity index (χ1n) is 11.6. The molecule has 5 heteroatoms. The molecule has 3 nitrogen and oxygen atoms in total. The van der Waals surface area contributed by atoms with Gasteiger partial charge in [0.05, 0.1) is 12.2 Å². The molecule has 0 bridgehead atoms. The standard InChI is InChI=1S/C29H28F2O3/c1-2-3-4-5-6-7-20-33-25-15-10-22(11-16-25)8-9-23-12-17-26(18-13-23)34-29(32)24-14-19-27(30)28(31)21-24/h10-19,21H,2-7,20H2,1H3. The van der Waals surface area contributed by atoms with Crippen molar-refractivity contribution in [2.75, 3.05) is 6.61 Å². The molecule has 0 atom stereocenters. The van der Waals surface area contributed by atoms with E-state index in [9.17, 15) is 13.6 Å².